The van der Waals surface area contributed by atoms with E-state index < -0.39 is 15.6 Å². The van der Waals surface area contributed by atoms with Crippen LogP contribution in [0.2, 0.25) is 0 Å². The first-order chi connectivity index (χ1) is 14.1. The van der Waals surface area contributed by atoms with E-state index in [-0.39, 0.29) is 30.0 Å². The Bertz CT molecular complexity index is 794. The Morgan fingerprint density at radius 2 is 1.77 bits per heavy atom. The second-order valence-corrected chi connectivity index (χ2v) is 10.2. The minimum atomic E-state index is -3.29. The molecule has 1 unspecified atom stereocenters. The van der Waals surface area contributed by atoms with Gasteiger partial charge in [0.2, 0.25) is 10.0 Å². The zero-order valence-electron chi connectivity index (χ0n) is 19.3. The molecule has 0 spiro atoms. The normalized spacial score (nSPS) is 16.9. The van der Waals surface area contributed by atoms with Gasteiger partial charge in [0.1, 0.15) is 5.75 Å². The van der Waals surface area contributed by atoms with Gasteiger partial charge in [0.05, 0.1) is 19.4 Å². The second-order valence-electron chi connectivity index (χ2n) is 8.45. The molecule has 10 heteroatoms. The van der Waals surface area contributed by atoms with Crippen molar-refractivity contribution in [3.05, 3.63) is 29.8 Å². The molecule has 1 atom stereocenters. The molecule has 1 fully saturated rings. The van der Waals surface area contributed by atoms with Crippen LogP contribution in [0.5, 0.6) is 5.75 Å². The SMILES string of the molecule is CN=C(NCC(c1ccc(OC)cc1)N1CCCCC1)NCC(C)(C)NS(C)(=O)=O.I. The van der Waals surface area contributed by atoms with E-state index in [1.54, 1.807) is 14.2 Å². The summed E-state index contributed by atoms with van der Waals surface area (Å²) in [5.41, 5.74) is 0.604. The average molecular weight is 568 g/mol. The molecule has 8 nitrogen and oxygen atoms in total. The number of ether oxygens (including phenoxy) is 1. The molecule has 1 aromatic rings. The van der Waals surface area contributed by atoms with Crippen molar-refractivity contribution in [2.75, 3.05) is 46.6 Å². The number of methoxy groups -OCH3 is 1. The van der Waals surface area contributed by atoms with Gasteiger partial charge in [0.15, 0.2) is 5.96 Å². The summed E-state index contributed by atoms with van der Waals surface area (Å²) < 4.78 is 31.0. The van der Waals surface area contributed by atoms with Crippen LogP contribution in [-0.2, 0) is 10.0 Å². The third-order valence-electron chi connectivity index (χ3n) is 5.18. The minimum Gasteiger partial charge on any atom is -0.497 e. The summed E-state index contributed by atoms with van der Waals surface area (Å²) in [5, 5.41) is 6.65. The number of aliphatic imine (C=N–C) groups is 1. The van der Waals surface area contributed by atoms with Crippen LogP contribution in [0.25, 0.3) is 0 Å². The number of piperidine rings is 1. The van der Waals surface area contributed by atoms with Crippen LogP contribution in [0.1, 0.15) is 44.7 Å². The molecule has 31 heavy (non-hydrogen) atoms. The minimum absolute atomic E-state index is 0. The van der Waals surface area contributed by atoms with Crippen molar-refractivity contribution in [1.82, 2.24) is 20.3 Å². The fraction of sp³-hybridized carbons (Fsp3) is 0.667. The van der Waals surface area contributed by atoms with Gasteiger partial charge in [-0.3, -0.25) is 9.89 Å². The highest BCUT2D eigenvalue weighted by Gasteiger charge is 2.24. The number of benzene rings is 1. The zero-order valence-corrected chi connectivity index (χ0v) is 22.4. The van der Waals surface area contributed by atoms with E-state index in [1.165, 1.54) is 31.1 Å². The molecule has 2 rings (SSSR count). The predicted molar refractivity (Wildman–Crippen MR) is 138 cm³/mol. The van der Waals surface area contributed by atoms with Gasteiger partial charge >= 0.3 is 0 Å². The van der Waals surface area contributed by atoms with Crippen LogP contribution in [0.4, 0.5) is 0 Å². The molecule has 1 aliphatic heterocycles. The highest BCUT2D eigenvalue weighted by Crippen LogP contribution is 2.25. The van der Waals surface area contributed by atoms with Gasteiger partial charge in [-0.2, -0.15) is 0 Å². The summed E-state index contributed by atoms with van der Waals surface area (Å²) in [6.07, 6.45) is 4.88. The maximum absolute atomic E-state index is 11.6. The van der Waals surface area contributed by atoms with Crippen LogP contribution < -0.4 is 20.1 Å². The molecule has 1 aromatic carbocycles. The van der Waals surface area contributed by atoms with Crippen LogP contribution in [0.15, 0.2) is 29.3 Å². The summed E-state index contributed by atoms with van der Waals surface area (Å²) >= 11 is 0. The number of halogens is 1. The van der Waals surface area contributed by atoms with Crippen molar-refractivity contribution >= 4 is 40.0 Å². The lowest BCUT2D eigenvalue weighted by atomic mass is 10.0. The highest BCUT2D eigenvalue weighted by atomic mass is 127. The number of nitrogens with zero attached hydrogens (tertiary/aromatic N) is 2. The molecular weight excluding hydrogens is 529 g/mol. The summed E-state index contributed by atoms with van der Waals surface area (Å²) in [7, 11) is 0.107. The molecule has 0 saturated carbocycles. The number of guanidine groups is 1. The number of hydrogen-bond donors (Lipinski definition) is 3. The van der Waals surface area contributed by atoms with Crippen LogP contribution in [0, 0.1) is 0 Å². The molecule has 0 aliphatic carbocycles. The number of nitrogens with one attached hydrogen (secondary N) is 3. The van der Waals surface area contributed by atoms with Gasteiger partial charge in [0.25, 0.3) is 0 Å². The molecule has 0 bridgehead atoms. The van der Waals surface area contributed by atoms with E-state index in [2.05, 4.69) is 37.4 Å². The first-order valence-electron chi connectivity index (χ1n) is 10.4. The summed E-state index contributed by atoms with van der Waals surface area (Å²) in [6, 6.07) is 8.46. The van der Waals surface area contributed by atoms with Crippen LogP contribution in [-0.4, -0.2) is 71.4 Å². The number of likely N-dealkylation sites (tertiary alicyclic amines) is 1. The maximum atomic E-state index is 11.6. The van der Waals surface area contributed by atoms with E-state index in [1.807, 2.05) is 26.0 Å². The largest absolute Gasteiger partial charge is 0.497 e. The summed E-state index contributed by atoms with van der Waals surface area (Å²) in [5.74, 6) is 1.50. The monoisotopic (exact) mass is 567 g/mol. The molecular formula is C21H38IN5O3S. The van der Waals surface area contributed by atoms with Gasteiger partial charge < -0.3 is 15.4 Å². The van der Waals surface area contributed by atoms with Gasteiger partial charge in [-0.1, -0.05) is 18.6 Å². The maximum Gasteiger partial charge on any atom is 0.209 e. The molecule has 3 N–H and O–H groups in total. The van der Waals surface area contributed by atoms with E-state index in [0.717, 1.165) is 18.8 Å². The van der Waals surface area contributed by atoms with Crippen LogP contribution in [0.3, 0.4) is 0 Å². The van der Waals surface area contributed by atoms with E-state index >= 15 is 0 Å². The quantitative estimate of drug-likeness (QED) is 0.241. The number of hydrogen-bond acceptors (Lipinski definition) is 5. The average Bonchev–Trinajstić information content (AvgIpc) is 2.70. The van der Waals surface area contributed by atoms with Crippen molar-refractivity contribution in [2.24, 2.45) is 4.99 Å². The van der Waals surface area contributed by atoms with Crippen molar-refractivity contribution in [3.8, 4) is 5.75 Å². The van der Waals surface area contributed by atoms with Gasteiger partial charge in [0, 0.05) is 25.7 Å². The second kappa shape index (κ2) is 12.8. The molecule has 1 saturated heterocycles. The molecule has 0 amide bonds. The molecule has 0 radical (unpaired) electrons. The van der Waals surface area contributed by atoms with Crippen LogP contribution >= 0.6 is 24.0 Å². The first-order valence-corrected chi connectivity index (χ1v) is 12.3. The Hall–Kier alpha value is -1.11. The predicted octanol–water partition coefficient (Wildman–Crippen LogP) is 2.33. The third-order valence-corrected chi connectivity index (χ3v) is 6.10. The molecule has 0 aromatic heterocycles. The Morgan fingerprint density at radius 1 is 1.16 bits per heavy atom. The first kappa shape index (κ1) is 27.9. The Kier molecular flexibility index (Phi) is 11.5. The van der Waals surface area contributed by atoms with Crippen molar-refractivity contribution < 1.29 is 13.2 Å². The van der Waals surface area contributed by atoms with E-state index in [4.69, 9.17) is 4.74 Å². The van der Waals surface area contributed by atoms with E-state index in [0.29, 0.717) is 19.0 Å². The lowest BCUT2D eigenvalue weighted by Crippen LogP contribution is -2.53. The summed E-state index contributed by atoms with van der Waals surface area (Å²) in [6.45, 7) is 6.94. The lowest BCUT2D eigenvalue weighted by Gasteiger charge is -2.35. The molecule has 1 aliphatic rings. The topological polar surface area (TPSA) is 95.1 Å². The standard InChI is InChI=1S/C21H37N5O3S.HI/c1-21(2,25-30(5,27)28)16-24-20(22-3)23-15-19(26-13-7-6-8-14-26)17-9-11-18(29-4)12-10-17;/h9-12,19,25H,6-8,13-16H2,1-5H3,(H2,22,23,24);1H. The van der Waals surface area contributed by atoms with Gasteiger partial charge in [-0.05, 0) is 57.5 Å². The van der Waals surface area contributed by atoms with Gasteiger partial charge in [-0.15, -0.1) is 24.0 Å². The fourth-order valence-corrected chi connectivity index (χ4v) is 4.85. The number of sulfonamides is 1. The van der Waals surface area contributed by atoms with Gasteiger partial charge in [-0.25, -0.2) is 13.1 Å². The smallest absolute Gasteiger partial charge is 0.209 e. The summed E-state index contributed by atoms with van der Waals surface area (Å²) in [4.78, 5) is 6.82. The zero-order chi connectivity index (χ0) is 22.2. The third kappa shape index (κ3) is 9.92. The van der Waals surface area contributed by atoms with Crippen molar-refractivity contribution in [3.63, 3.8) is 0 Å². The van der Waals surface area contributed by atoms with E-state index in [9.17, 15) is 8.42 Å². The number of rotatable bonds is 9. The Labute approximate surface area is 204 Å². The lowest BCUT2D eigenvalue weighted by molar-refractivity contribution is 0.164. The van der Waals surface area contributed by atoms with Crippen molar-refractivity contribution in [1.29, 1.82) is 0 Å². The molecule has 178 valence electrons. The fourth-order valence-electron chi connectivity index (χ4n) is 3.77. The highest BCUT2D eigenvalue weighted by molar-refractivity contribution is 14.0. The van der Waals surface area contributed by atoms with Crippen molar-refractivity contribution in [2.45, 2.75) is 44.7 Å². The Morgan fingerprint density at radius 3 is 2.29 bits per heavy atom. The Balaban J connectivity index is 0.00000480. The molecule has 1 heterocycles.